The molecule has 0 saturated heterocycles. The quantitative estimate of drug-likeness (QED) is 0.742. The van der Waals surface area contributed by atoms with Gasteiger partial charge in [0.05, 0.1) is 6.10 Å². The molecule has 0 bridgehead atoms. The first-order valence-electron chi connectivity index (χ1n) is 6.13. The van der Waals surface area contributed by atoms with E-state index >= 15 is 0 Å². The van der Waals surface area contributed by atoms with Gasteiger partial charge in [-0.1, -0.05) is 30.4 Å². The van der Waals surface area contributed by atoms with Crippen molar-refractivity contribution >= 4 is 5.78 Å². The molecule has 0 aliphatic heterocycles. The molecule has 0 radical (unpaired) electrons. The van der Waals surface area contributed by atoms with Crippen LogP contribution in [0.5, 0.6) is 0 Å². The summed E-state index contributed by atoms with van der Waals surface area (Å²) in [5.41, 5.74) is 2.73. The molecule has 0 heterocycles. The fourth-order valence-corrected chi connectivity index (χ4v) is 1.98. The van der Waals surface area contributed by atoms with Crippen LogP contribution in [0.2, 0.25) is 0 Å². The van der Waals surface area contributed by atoms with E-state index in [2.05, 4.69) is 13.2 Å². The average Bonchev–Trinajstić information content (AvgIpc) is 2.28. The fraction of sp³-hybridized carbons (Fsp3) is 0.533. The van der Waals surface area contributed by atoms with Crippen LogP contribution in [0.4, 0.5) is 0 Å². The van der Waals surface area contributed by atoms with Gasteiger partial charge in [0.15, 0.2) is 5.78 Å². The van der Waals surface area contributed by atoms with Crippen molar-refractivity contribution in [3.8, 4) is 0 Å². The van der Waals surface area contributed by atoms with Crippen LogP contribution in [-0.4, -0.2) is 17.0 Å². The van der Waals surface area contributed by atoms with Gasteiger partial charge in [-0.05, 0) is 44.6 Å². The lowest BCUT2D eigenvalue weighted by Crippen LogP contribution is -2.17. The summed E-state index contributed by atoms with van der Waals surface area (Å²) in [5.74, 6) is 0.478. The Kier molecular flexibility index (Phi) is 4.88. The minimum Gasteiger partial charge on any atom is -0.389 e. The molecule has 0 aromatic rings. The summed E-state index contributed by atoms with van der Waals surface area (Å²) in [5, 5.41) is 9.65. The second-order valence-electron chi connectivity index (χ2n) is 5.01. The molecule has 0 aromatic heterocycles. The normalized spacial score (nSPS) is 21.9. The number of carbonyl (C=O) groups excluding carboxylic acids is 1. The van der Waals surface area contributed by atoms with E-state index in [0.29, 0.717) is 12.8 Å². The third-order valence-electron chi connectivity index (χ3n) is 3.47. The largest absolute Gasteiger partial charge is 0.389 e. The zero-order valence-electron chi connectivity index (χ0n) is 10.8. The van der Waals surface area contributed by atoms with E-state index in [4.69, 9.17) is 0 Å². The molecule has 0 fully saturated rings. The molecule has 1 aliphatic carbocycles. The molecule has 17 heavy (non-hydrogen) atoms. The number of carbonyl (C=O) groups is 1. The van der Waals surface area contributed by atoms with E-state index in [1.807, 2.05) is 19.9 Å². The Hall–Kier alpha value is -1.15. The van der Waals surface area contributed by atoms with Crippen LogP contribution < -0.4 is 0 Å². The van der Waals surface area contributed by atoms with E-state index in [-0.39, 0.29) is 11.7 Å². The van der Waals surface area contributed by atoms with E-state index in [0.717, 1.165) is 29.6 Å². The van der Waals surface area contributed by atoms with Crippen LogP contribution in [0.15, 0.2) is 36.0 Å². The molecule has 0 saturated carbocycles. The Morgan fingerprint density at radius 1 is 1.59 bits per heavy atom. The maximum atomic E-state index is 11.6. The highest BCUT2D eigenvalue weighted by Gasteiger charge is 2.21. The Morgan fingerprint density at radius 2 is 2.24 bits per heavy atom. The van der Waals surface area contributed by atoms with Gasteiger partial charge in [0.2, 0.25) is 0 Å². The van der Waals surface area contributed by atoms with Gasteiger partial charge in [0.1, 0.15) is 0 Å². The highest BCUT2D eigenvalue weighted by atomic mass is 16.3. The molecular formula is C15H22O2. The molecule has 2 atom stereocenters. The molecule has 2 nitrogen and oxygen atoms in total. The maximum absolute atomic E-state index is 11.6. The topological polar surface area (TPSA) is 37.3 Å². The minimum atomic E-state index is -0.455. The molecule has 2 unspecified atom stereocenters. The molecule has 0 spiro atoms. The highest BCUT2D eigenvalue weighted by molar-refractivity contribution is 5.95. The number of rotatable bonds is 5. The molecule has 1 rings (SSSR count). The first kappa shape index (κ1) is 13.9. The third kappa shape index (κ3) is 3.97. The number of ketones is 1. The van der Waals surface area contributed by atoms with E-state index in [1.54, 1.807) is 0 Å². The van der Waals surface area contributed by atoms with Gasteiger partial charge in [0.25, 0.3) is 0 Å². The lowest BCUT2D eigenvalue weighted by molar-refractivity contribution is -0.116. The van der Waals surface area contributed by atoms with E-state index in [1.165, 1.54) is 0 Å². The Balaban J connectivity index is 2.45. The number of aliphatic hydroxyl groups excluding tert-OH is 1. The minimum absolute atomic E-state index is 0.225. The fourth-order valence-electron chi connectivity index (χ4n) is 1.98. The third-order valence-corrected chi connectivity index (χ3v) is 3.47. The predicted molar refractivity (Wildman–Crippen MR) is 70.7 cm³/mol. The summed E-state index contributed by atoms with van der Waals surface area (Å²) in [4.78, 5) is 11.6. The SMILES string of the molecule is C=C(C)C(O)CCC(=C)C1CC=C(C)C(=O)C1. The smallest absolute Gasteiger partial charge is 0.158 e. The van der Waals surface area contributed by atoms with Gasteiger partial charge in [-0.25, -0.2) is 0 Å². The predicted octanol–water partition coefficient (Wildman–Crippen LogP) is 3.19. The van der Waals surface area contributed by atoms with E-state index < -0.39 is 6.10 Å². The Bertz CT molecular complexity index is 363. The number of hydrogen-bond acceptors (Lipinski definition) is 2. The molecule has 1 aliphatic rings. The highest BCUT2D eigenvalue weighted by Crippen LogP contribution is 2.29. The molecule has 0 amide bonds. The van der Waals surface area contributed by atoms with Crippen molar-refractivity contribution in [2.45, 2.75) is 45.6 Å². The molecule has 94 valence electrons. The van der Waals surface area contributed by atoms with Gasteiger partial charge < -0.3 is 5.11 Å². The lowest BCUT2D eigenvalue weighted by atomic mass is 9.82. The van der Waals surface area contributed by atoms with Crippen molar-refractivity contribution in [3.63, 3.8) is 0 Å². The number of hydrogen-bond donors (Lipinski definition) is 1. The van der Waals surface area contributed by atoms with Crippen molar-refractivity contribution in [2.24, 2.45) is 5.92 Å². The van der Waals surface area contributed by atoms with Crippen LogP contribution in [0.25, 0.3) is 0 Å². The summed E-state index contributed by atoms with van der Waals surface area (Å²) >= 11 is 0. The second kappa shape index (κ2) is 5.97. The maximum Gasteiger partial charge on any atom is 0.158 e. The van der Waals surface area contributed by atoms with Crippen LogP contribution in [0.3, 0.4) is 0 Å². The van der Waals surface area contributed by atoms with Crippen molar-refractivity contribution < 1.29 is 9.90 Å². The Morgan fingerprint density at radius 3 is 2.76 bits per heavy atom. The lowest BCUT2D eigenvalue weighted by Gasteiger charge is -2.22. The summed E-state index contributed by atoms with van der Waals surface area (Å²) in [6, 6.07) is 0. The standard InChI is InChI=1S/C15H22O2/c1-10(2)14(16)8-6-11(3)13-7-5-12(4)15(17)9-13/h5,13-14,16H,1,3,6-9H2,2,4H3. The summed E-state index contributed by atoms with van der Waals surface area (Å²) in [6.45, 7) is 11.5. The number of allylic oxidation sites excluding steroid dienone is 3. The van der Waals surface area contributed by atoms with Crippen molar-refractivity contribution in [1.82, 2.24) is 0 Å². The number of aliphatic hydroxyl groups is 1. The van der Waals surface area contributed by atoms with Crippen molar-refractivity contribution in [1.29, 1.82) is 0 Å². The summed E-state index contributed by atoms with van der Waals surface area (Å²) < 4.78 is 0. The van der Waals surface area contributed by atoms with Crippen molar-refractivity contribution in [2.75, 3.05) is 0 Å². The monoisotopic (exact) mass is 234 g/mol. The molecule has 2 heteroatoms. The Labute approximate surface area is 104 Å². The summed E-state index contributed by atoms with van der Waals surface area (Å²) in [7, 11) is 0. The van der Waals surface area contributed by atoms with Gasteiger partial charge in [-0.2, -0.15) is 0 Å². The first-order chi connectivity index (χ1) is 7.91. The number of Topliss-reactive ketones (excluding diaryl/α,β-unsaturated/α-hetero) is 1. The molecule has 1 N–H and O–H groups in total. The average molecular weight is 234 g/mol. The van der Waals surface area contributed by atoms with E-state index in [9.17, 15) is 9.90 Å². The zero-order valence-corrected chi connectivity index (χ0v) is 10.8. The van der Waals surface area contributed by atoms with Crippen LogP contribution in [0, 0.1) is 5.92 Å². The van der Waals surface area contributed by atoms with Gasteiger partial charge >= 0.3 is 0 Å². The summed E-state index contributed by atoms with van der Waals surface area (Å²) in [6.07, 6.45) is 4.43. The zero-order chi connectivity index (χ0) is 13.0. The van der Waals surface area contributed by atoms with Crippen LogP contribution in [0.1, 0.15) is 39.5 Å². The first-order valence-corrected chi connectivity index (χ1v) is 6.13. The van der Waals surface area contributed by atoms with Gasteiger partial charge in [-0.3, -0.25) is 4.79 Å². The molecule has 0 aromatic carbocycles. The van der Waals surface area contributed by atoms with Crippen molar-refractivity contribution in [3.05, 3.63) is 36.0 Å². The van der Waals surface area contributed by atoms with Gasteiger partial charge in [-0.15, -0.1) is 0 Å². The van der Waals surface area contributed by atoms with Crippen LogP contribution >= 0.6 is 0 Å². The molecular weight excluding hydrogens is 212 g/mol. The van der Waals surface area contributed by atoms with Gasteiger partial charge in [0, 0.05) is 6.42 Å². The second-order valence-corrected chi connectivity index (χ2v) is 5.01. The van der Waals surface area contributed by atoms with Crippen LogP contribution in [-0.2, 0) is 4.79 Å².